The minimum absolute atomic E-state index is 0. The number of hydrogen-bond donors (Lipinski definition) is 0. The van der Waals surface area contributed by atoms with E-state index in [1.54, 1.807) is 72.8 Å². The van der Waals surface area contributed by atoms with Gasteiger partial charge < -0.3 is 24.8 Å². The van der Waals surface area contributed by atoms with Gasteiger partial charge in [-0.3, -0.25) is 0 Å². The molecule has 0 bridgehead atoms. The molecule has 0 aliphatic carbocycles. The molecule has 0 unspecified atom stereocenters. The third kappa shape index (κ3) is 6.58. The van der Waals surface area contributed by atoms with Crippen LogP contribution >= 0.6 is 0 Å². The van der Waals surface area contributed by atoms with E-state index in [0.29, 0.717) is 23.3 Å². The van der Waals surface area contributed by atoms with Gasteiger partial charge in [-0.2, -0.15) is 0 Å². The minimum atomic E-state index is -1.79. The summed E-state index contributed by atoms with van der Waals surface area (Å²) >= 11 is 0. The Morgan fingerprint density at radius 1 is 0.415 bits per heavy atom. The van der Waals surface area contributed by atoms with E-state index >= 15 is 0 Å². The molecule has 0 saturated carbocycles. The van der Waals surface area contributed by atoms with Crippen LogP contribution < -0.4 is 24.8 Å². The van der Waals surface area contributed by atoms with Crippen LogP contribution in [-0.2, 0) is 25.8 Å². The number of halogens is 10. The van der Waals surface area contributed by atoms with Crippen LogP contribution in [0.15, 0.2) is 84.9 Å². The molecule has 0 spiro atoms. The van der Waals surface area contributed by atoms with Gasteiger partial charge in [0, 0.05) is 0 Å². The molecule has 0 aromatic heterocycles. The van der Waals surface area contributed by atoms with Gasteiger partial charge in [-0.15, -0.1) is 69.1 Å². The van der Waals surface area contributed by atoms with Gasteiger partial charge in [-0.1, -0.05) is 36.4 Å². The molecule has 6 aromatic rings. The molecule has 0 N–H and O–H groups in total. The Labute approximate surface area is 259 Å². The van der Waals surface area contributed by atoms with Crippen LogP contribution in [0.4, 0.5) is 35.1 Å². The average molecular weight is 776 g/mol. The van der Waals surface area contributed by atoms with Gasteiger partial charge in [-0.25, -0.2) is 35.1 Å². The second kappa shape index (κ2) is 13.8. The summed E-state index contributed by atoms with van der Waals surface area (Å²) < 4.78 is 106. The largest absolute Gasteiger partial charge is 4.00 e. The monoisotopic (exact) mass is 776 g/mol. The maximum absolute atomic E-state index is 13.7. The van der Waals surface area contributed by atoms with E-state index < -0.39 is 46.5 Å². The molecule has 0 radical (unpaired) electrons. The van der Waals surface area contributed by atoms with Gasteiger partial charge in [0.2, 0.25) is 0 Å². The first-order chi connectivity index (χ1) is 18.2. The van der Waals surface area contributed by atoms with E-state index in [0.717, 1.165) is 21.5 Å². The van der Waals surface area contributed by atoms with Crippen LogP contribution in [0, 0.1) is 46.5 Å². The summed E-state index contributed by atoms with van der Waals surface area (Å²) in [5.41, 5.74) is 0.0631. The van der Waals surface area contributed by atoms with Crippen LogP contribution in [0.5, 0.6) is 0 Å². The zero-order chi connectivity index (χ0) is 27.1. The Kier molecular flexibility index (Phi) is 11.5. The van der Waals surface area contributed by atoms with Crippen LogP contribution in [-0.4, -0.2) is 0 Å². The molecule has 6 aromatic carbocycles. The van der Waals surface area contributed by atoms with Crippen molar-refractivity contribution in [3.05, 3.63) is 131 Å². The molecule has 0 aliphatic rings. The quantitative estimate of drug-likeness (QED) is 0.0831. The SMILES string of the molecule is Fc1cc(-c2cc3ccccc3[cH-]2)c(F)c(F)c1F.Fc1cc(-c2cc3ccccc3[cH-]2)c(F)c(F)c1F.[Cl-].[Cl-].[Hf+4]. The maximum Gasteiger partial charge on any atom is 4.00 e. The second-order valence-corrected chi connectivity index (χ2v) is 8.44. The smallest absolute Gasteiger partial charge is 1.00 e. The van der Waals surface area contributed by atoms with E-state index in [-0.39, 0.29) is 61.8 Å². The molecule has 0 heterocycles. The summed E-state index contributed by atoms with van der Waals surface area (Å²) in [6.07, 6.45) is 0. The molecule has 0 aliphatic heterocycles. The predicted molar refractivity (Wildman–Crippen MR) is 130 cm³/mol. The van der Waals surface area contributed by atoms with Crippen LogP contribution in [0.2, 0.25) is 0 Å². The number of fused-ring (bicyclic) bond motifs is 2. The first kappa shape index (κ1) is 34.2. The predicted octanol–water partition coefficient (Wildman–Crippen LogP) is 3.57. The van der Waals surface area contributed by atoms with E-state index in [2.05, 4.69) is 0 Å². The van der Waals surface area contributed by atoms with Crippen molar-refractivity contribution in [2.45, 2.75) is 0 Å². The van der Waals surface area contributed by atoms with Crippen molar-refractivity contribution in [1.29, 1.82) is 0 Å². The van der Waals surface area contributed by atoms with Crippen molar-refractivity contribution in [2.75, 3.05) is 0 Å². The van der Waals surface area contributed by atoms with Crippen LogP contribution in [0.1, 0.15) is 0 Å². The van der Waals surface area contributed by atoms with Gasteiger partial charge in [0.15, 0.2) is 34.9 Å². The van der Waals surface area contributed by atoms with E-state index in [1.807, 2.05) is 0 Å². The van der Waals surface area contributed by atoms with Gasteiger partial charge in [0.05, 0.1) is 0 Å². The minimum Gasteiger partial charge on any atom is -1.00 e. The van der Waals surface area contributed by atoms with Crippen LogP contribution in [0.25, 0.3) is 43.8 Å². The van der Waals surface area contributed by atoms with Crippen molar-refractivity contribution >= 4 is 21.5 Å². The Bertz CT molecular complexity index is 1630. The van der Waals surface area contributed by atoms with Crippen LogP contribution in [0.3, 0.4) is 0 Å². The average Bonchev–Trinajstić information content (AvgIpc) is 3.55. The fourth-order valence-electron chi connectivity index (χ4n) is 4.18. The summed E-state index contributed by atoms with van der Waals surface area (Å²) in [7, 11) is 0. The molecule has 41 heavy (non-hydrogen) atoms. The standard InChI is InChI=1S/2C15H7F4.2ClH.Hf/c2*16-12-7-11(13(17)15(19)14(12)18)10-5-8-3-1-2-4-9(8)6-10;;;/h2*1-7H;2*1H;/q2*-1;;;+4/p-2. The molecule has 6 rings (SSSR count). The molecule has 11 heteroatoms. The first-order valence-electron chi connectivity index (χ1n) is 11.1. The molecule has 208 valence electrons. The third-order valence-corrected chi connectivity index (χ3v) is 6.06. The summed E-state index contributed by atoms with van der Waals surface area (Å²) in [4.78, 5) is 0. The summed E-state index contributed by atoms with van der Waals surface area (Å²) in [5.74, 6) is -12.7. The Morgan fingerprint density at radius 3 is 1.10 bits per heavy atom. The fraction of sp³-hybridized carbons (Fsp3) is 0. The molecule has 0 fully saturated rings. The van der Waals surface area contributed by atoms with Gasteiger partial charge in [0.1, 0.15) is 11.6 Å². The van der Waals surface area contributed by atoms with Crippen molar-refractivity contribution in [1.82, 2.24) is 0 Å². The topological polar surface area (TPSA) is 0 Å². The first-order valence-corrected chi connectivity index (χ1v) is 11.1. The van der Waals surface area contributed by atoms with Gasteiger partial charge in [0.25, 0.3) is 0 Å². The molecule has 0 nitrogen and oxygen atoms in total. The van der Waals surface area contributed by atoms with Crippen molar-refractivity contribution in [2.24, 2.45) is 0 Å². The van der Waals surface area contributed by atoms with Gasteiger partial charge in [-0.05, 0) is 23.3 Å². The normalized spacial score (nSPS) is 10.3. The number of benzene rings is 4. The van der Waals surface area contributed by atoms with Crippen molar-refractivity contribution < 1.29 is 85.8 Å². The second-order valence-electron chi connectivity index (χ2n) is 8.44. The summed E-state index contributed by atoms with van der Waals surface area (Å²) in [5, 5.41) is 3.29. The van der Waals surface area contributed by atoms with E-state index in [9.17, 15) is 35.1 Å². The zero-order valence-corrected chi connectivity index (χ0v) is 25.5. The molecule has 0 saturated heterocycles. The number of rotatable bonds is 2. The molecule has 0 atom stereocenters. The Hall–Kier alpha value is -3.01. The van der Waals surface area contributed by atoms with Gasteiger partial charge >= 0.3 is 25.8 Å². The summed E-state index contributed by atoms with van der Waals surface area (Å²) in [6.45, 7) is 0. The van der Waals surface area contributed by atoms with E-state index in [1.165, 1.54) is 0 Å². The summed E-state index contributed by atoms with van der Waals surface area (Å²) in [6, 6.07) is 22.1. The molecular formula is C30H14Cl2F8Hf. The zero-order valence-electron chi connectivity index (χ0n) is 20.4. The van der Waals surface area contributed by atoms with Crippen molar-refractivity contribution in [3.8, 4) is 22.3 Å². The fourth-order valence-corrected chi connectivity index (χ4v) is 4.18. The molecular weight excluding hydrogens is 762 g/mol. The third-order valence-electron chi connectivity index (χ3n) is 6.06. The molecule has 0 amide bonds. The Morgan fingerprint density at radius 2 is 0.756 bits per heavy atom. The Balaban J connectivity index is 0.000000267. The van der Waals surface area contributed by atoms with E-state index in [4.69, 9.17) is 0 Å². The van der Waals surface area contributed by atoms with Crippen molar-refractivity contribution in [3.63, 3.8) is 0 Å². The maximum atomic E-state index is 13.7. The number of hydrogen-bond acceptors (Lipinski definition) is 0.